The van der Waals surface area contributed by atoms with Gasteiger partial charge in [-0.1, -0.05) is 0 Å². The van der Waals surface area contributed by atoms with Crippen LogP contribution in [0, 0.1) is 0 Å². The Bertz CT molecular complexity index is 564. The van der Waals surface area contributed by atoms with Crippen LogP contribution in [-0.4, -0.2) is 43.6 Å². The molecule has 104 valence electrons. The molecule has 0 unspecified atom stereocenters. The van der Waals surface area contributed by atoms with Crippen LogP contribution in [0.5, 0.6) is 0 Å². The molecule has 7 nitrogen and oxygen atoms in total. The van der Waals surface area contributed by atoms with Crippen LogP contribution in [0.3, 0.4) is 0 Å². The predicted molar refractivity (Wildman–Crippen MR) is 67.0 cm³/mol. The number of nitrogens with one attached hydrogen (secondary N) is 2. The lowest BCUT2D eigenvalue weighted by molar-refractivity contribution is 0.0562. The van der Waals surface area contributed by atoms with E-state index in [-0.39, 0.29) is 28.6 Å². The van der Waals surface area contributed by atoms with Gasteiger partial charge in [-0.25, -0.2) is 18.1 Å². The van der Waals surface area contributed by atoms with E-state index in [1.54, 1.807) is 0 Å². The van der Waals surface area contributed by atoms with Gasteiger partial charge in [-0.3, -0.25) is 4.79 Å². The highest BCUT2D eigenvalue weighted by Gasteiger charge is 2.28. The van der Waals surface area contributed by atoms with Gasteiger partial charge in [-0.05, 0) is 32.0 Å². The number of sulfonamides is 1. The SMILES string of the molecule is CNS(=O)(=O)c1ccc(C(=O)NC2CC(O)C2)cn1. The molecule has 0 atom stereocenters. The third kappa shape index (κ3) is 3.09. The van der Waals surface area contributed by atoms with Crippen molar-refractivity contribution in [3.8, 4) is 0 Å². The average molecular weight is 285 g/mol. The Morgan fingerprint density at radius 3 is 2.58 bits per heavy atom. The third-order valence-electron chi connectivity index (χ3n) is 2.99. The van der Waals surface area contributed by atoms with Gasteiger partial charge in [0.15, 0.2) is 5.03 Å². The van der Waals surface area contributed by atoms with Crippen LogP contribution in [-0.2, 0) is 10.0 Å². The second-order valence-electron chi connectivity index (χ2n) is 4.39. The summed E-state index contributed by atoms with van der Waals surface area (Å²) in [4.78, 5) is 15.5. The minimum Gasteiger partial charge on any atom is -0.393 e. The molecule has 1 aromatic heterocycles. The van der Waals surface area contributed by atoms with E-state index in [1.807, 2.05) is 0 Å². The molecule has 0 spiro atoms. The molecule has 8 heteroatoms. The Morgan fingerprint density at radius 2 is 2.11 bits per heavy atom. The van der Waals surface area contributed by atoms with E-state index >= 15 is 0 Å². The number of carbonyl (C=O) groups excluding carboxylic acids is 1. The van der Waals surface area contributed by atoms with Crippen molar-refractivity contribution in [2.75, 3.05) is 7.05 Å². The topological polar surface area (TPSA) is 108 Å². The fourth-order valence-corrected chi connectivity index (χ4v) is 2.40. The van der Waals surface area contributed by atoms with Crippen molar-refractivity contribution in [1.82, 2.24) is 15.0 Å². The van der Waals surface area contributed by atoms with Crippen LogP contribution in [0.15, 0.2) is 23.4 Å². The number of rotatable bonds is 4. The molecule has 1 amide bonds. The van der Waals surface area contributed by atoms with Crippen molar-refractivity contribution in [2.24, 2.45) is 0 Å². The highest BCUT2D eigenvalue weighted by Crippen LogP contribution is 2.19. The van der Waals surface area contributed by atoms with Crippen LogP contribution in [0.4, 0.5) is 0 Å². The summed E-state index contributed by atoms with van der Waals surface area (Å²) in [6.07, 6.45) is 1.97. The first-order chi connectivity index (χ1) is 8.92. The fraction of sp³-hybridized carbons (Fsp3) is 0.455. The summed E-state index contributed by atoms with van der Waals surface area (Å²) < 4.78 is 25.0. The minimum atomic E-state index is -3.59. The first kappa shape index (κ1) is 13.9. The van der Waals surface area contributed by atoms with Gasteiger partial charge in [-0.15, -0.1) is 0 Å². The maximum atomic E-state index is 11.8. The second kappa shape index (κ2) is 5.24. The van der Waals surface area contributed by atoms with Gasteiger partial charge >= 0.3 is 0 Å². The van der Waals surface area contributed by atoms with Crippen LogP contribution in [0.1, 0.15) is 23.2 Å². The Morgan fingerprint density at radius 1 is 1.42 bits per heavy atom. The van der Waals surface area contributed by atoms with Crippen molar-refractivity contribution in [1.29, 1.82) is 0 Å². The number of aliphatic hydroxyl groups excluding tert-OH is 1. The van der Waals surface area contributed by atoms with E-state index in [2.05, 4.69) is 15.0 Å². The largest absolute Gasteiger partial charge is 0.393 e. The molecule has 0 bridgehead atoms. The van der Waals surface area contributed by atoms with E-state index < -0.39 is 10.0 Å². The van der Waals surface area contributed by atoms with Crippen molar-refractivity contribution in [2.45, 2.75) is 30.0 Å². The number of carbonyl (C=O) groups is 1. The Hall–Kier alpha value is -1.51. The fourth-order valence-electron chi connectivity index (χ4n) is 1.75. The van der Waals surface area contributed by atoms with Gasteiger partial charge in [0.1, 0.15) is 0 Å². The quantitative estimate of drug-likeness (QED) is 0.674. The lowest BCUT2D eigenvalue weighted by Gasteiger charge is -2.31. The van der Waals surface area contributed by atoms with Crippen LogP contribution in [0.2, 0.25) is 0 Å². The van der Waals surface area contributed by atoms with Crippen LogP contribution in [0.25, 0.3) is 0 Å². The second-order valence-corrected chi connectivity index (χ2v) is 6.22. The molecule has 1 fully saturated rings. The summed E-state index contributed by atoms with van der Waals surface area (Å²) in [5.41, 5.74) is 0.288. The highest BCUT2D eigenvalue weighted by atomic mass is 32.2. The molecule has 0 saturated heterocycles. The van der Waals surface area contributed by atoms with E-state index in [0.29, 0.717) is 12.8 Å². The normalized spacial score (nSPS) is 22.6. The summed E-state index contributed by atoms with van der Waals surface area (Å²) >= 11 is 0. The number of aliphatic hydroxyl groups is 1. The van der Waals surface area contributed by atoms with Crippen molar-refractivity contribution >= 4 is 15.9 Å². The van der Waals surface area contributed by atoms with Gasteiger partial charge in [-0.2, -0.15) is 0 Å². The maximum absolute atomic E-state index is 11.8. The van der Waals surface area contributed by atoms with Crippen LogP contribution >= 0.6 is 0 Å². The summed E-state index contributed by atoms with van der Waals surface area (Å²) in [6, 6.07) is 2.65. The highest BCUT2D eigenvalue weighted by molar-refractivity contribution is 7.89. The zero-order valence-corrected chi connectivity index (χ0v) is 11.1. The molecule has 0 aromatic carbocycles. The van der Waals surface area contributed by atoms with Crippen LogP contribution < -0.4 is 10.0 Å². The third-order valence-corrected chi connectivity index (χ3v) is 4.32. The molecule has 1 aliphatic carbocycles. The molecule has 2 rings (SSSR count). The molecule has 0 aliphatic heterocycles. The summed E-state index contributed by atoms with van der Waals surface area (Å²) in [5.74, 6) is -0.321. The molecular weight excluding hydrogens is 270 g/mol. The monoisotopic (exact) mass is 285 g/mol. The zero-order valence-electron chi connectivity index (χ0n) is 10.3. The van der Waals surface area contributed by atoms with Gasteiger partial charge < -0.3 is 10.4 Å². The first-order valence-electron chi connectivity index (χ1n) is 5.81. The van der Waals surface area contributed by atoms with Gasteiger partial charge in [0.2, 0.25) is 0 Å². The number of amides is 1. The number of hydrogen-bond donors (Lipinski definition) is 3. The lowest BCUT2D eigenvalue weighted by atomic mass is 9.89. The standard InChI is InChI=1S/C11H15N3O4S/c1-12-19(17,18)10-3-2-7(6-13-10)11(16)14-8-4-9(15)5-8/h2-3,6,8-9,12,15H,4-5H2,1H3,(H,14,16). The zero-order chi connectivity index (χ0) is 14.0. The van der Waals surface area contributed by atoms with E-state index in [4.69, 9.17) is 5.11 Å². The maximum Gasteiger partial charge on any atom is 0.257 e. The predicted octanol–water partition coefficient (Wildman–Crippen LogP) is -0.757. The number of aromatic nitrogens is 1. The number of nitrogens with zero attached hydrogens (tertiary/aromatic N) is 1. The molecule has 1 aliphatic rings. The summed E-state index contributed by atoms with van der Waals surface area (Å²) in [6.45, 7) is 0. The minimum absolute atomic E-state index is 0.0248. The molecule has 0 radical (unpaired) electrons. The number of hydrogen-bond acceptors (Lipinski definition) is 5. The Kier molecular flexibility index (Phi) is 3.83. The van der Waals surface area contributed by atoms with Gasteiger partial charge in [0.25, 0.3) is 15.9 Å². The van der Waals surface area contributed by atoms with Gasteiger partial charge in [0.05, 0.1) is 11.7 Å². The number of pyridine rings is 1. The van der Waals surface area contributed by atoms with Gasteiger partial charge in [0, 0.05) is 12.2 Å². The average Bonchev–Trinajstić information content (AvgIpc) is 2.37. The van der Waals surface area contributed by atoms with Crippen molar-refractivity contribution < 1.29 is 18.3 Å². The summed E-state index contributed by atoms with van der Waals surface area (Å²) in [7, 11) is -2.30. The van der Waals surface area contributed by atoms with E-state index in [9.17, 15) is 13.2 Å². The van der Waals surface area contributed by atoms with Crippen molar-refractivity contribution in [3.63, 3.8) is 0 Å². The van der Waals surface area contributed by atoms with Crippen molar-refractivity contribution in [3.05, 3.63) is 23.9 Å². The molecular formula is C11H15N3O4S. The Labute approximate surface area is 111 Å². The van der Waals surface area contributed by atoms with E-state index in [1.165, 1.54) is 25.4 Å². The first-order valence-corrected chi connectivity index (χ1v) is 7.29. The smallest absolute Gasteiger partial charge is 0.257 e. The Balaban J connectivity index is 2.04. The lowest BCUT2D eigenvalue weighted by Crippen LogP contribution is -2.46. The molecule has 1 aromatic rings. The molecule has 1 saturated carbocycles. The summed E-state index contributed by atoms with van der Waals surface area (Å²) in [5, 5.41) is 11.7. The van der Waals surface area contributed by atoms with E-state index in [0.717, 1.165) is 0 Å². The molecule has 19 heavy (non-hydrogen) atoms. The molecule has 1 heterocycles. The molecule has 3 N–H and O–H groups in total.